The van der Waals surface area contributed by atoms with Gasteiger partial charge >= 0.3 is 0 Å². The van der Waals surface area contributed by atoms with Gasteiger partial charge in [0.25, 0.3) is 5.69 Å². The van der Waals surface area contributed by atoms with Crippen LogP contribution >= 0.6 is 0 Å². The van der Waals surface area contributed by atoms with Gasteiger partial charge in [0.2, 0.25) is 0 Å². The molecule has 0 bridgehead atoms. The van der Waals surface area contributed by atoms with Gasteiger partial charge < -0.3 is 10.2 Å². The van der Waals surface area contributed by atoms with E-state index in [1.807, 2.05) is 6.92 Å². The molecule has 0 atom stereocenters. The number of anilines is 1. The van der Waals surface area contributed by atoms with E-state index in [9.17, 15) is 10.1 Å². The van der Waals surface area contributed by atoms with E-state index >= 15 is 0 Å². The topological polar surface area (TPSA) is 71.3 Å². The number of aryl methyl sites for hydroxylation is 1. The second-order valence-electron chi connectivity index (χ2n) is 5.30. The average Bonchev–Trinajstić information content (AvgIpc) is 2.69. The number of nitrogens with zero attached hydrogens (tertiary/aromatic N) is 3. The summed E-state index contributed by atoms with van der Waals surface area (Å²) in [6, 6.07) is 1.56. The van der Waals surface area contributed by atoms with Gasteiger partial charge in [0.1, 0.15) is 12.0 Å². The molecule has 0 aliphatic carbocycles. The van der Waals surface area contributed by atoms with E-state index in [2.05, 4.69) is 15.2 Å². The van der Waals surface area contributed by atoms with Gasteiger partial charge in [-0.3, -0.25) is 10.1 Å². The van der Waals surface area contributed by atoms with Gasteiger partial charge in [-0.25, -0.2) is 4.98 Å². The van der Waals surface area contributed by atoms with Crippen molar-refractivity contribution in [3.63, 3.8) is 0 Å². The molecule has 1 N–H and O–H groups in total. The maximum atomic E-state index is 10.7. The number of rotatable bonds is 5. The van der Waals surface area contributed by atoms with E-state index in [0.29, 0.717) is 0 Å². The monoisotopic (exact) mass is 278 g/mol. The average molecular weight is 278 g/mol. The number of nitrogens with one attached hydrogen (secondary N) is 1. The number of aromatic nitrogens is 1. The highest BCUT2D eigenvalue weighted by Gasteiger charge is 2.11. The Hall–Kier alpha value is -1.69. The molecule has 2 rings (SSSR count). The van der Waals surface area contributed by atoms with Crippen LogP contribution in [0.15, 0.2) is 12.3 Å². The Morgan fingerprint density at radius 2 is 2.05 bits per heavy atom. The molecule has 0 unspecified atom stereocenters. The molecule has 1 aliphatic rings. The third kappa shape index (κ3) is 4.16. The molecule has 0 radical (unpaired) electrons. The summed E-state index contributed by atoms with van der Waals surface area (Å²) in [6.07, 6.45) is 6.56. The van der Waals surface area contributed by atoms with Gasteiger partial charge in [-0.2, -0.15) is 0 Å². The lowest BCUT2D eigenvalue weighted by Gasteiger charge is -2.20. The third-order valence-corrected chi connectivity index (χ3v) is 3.69. The summed E-state index contributed by atoms with van der Waals surface area (Å²) in [6.45, 7) is 6.01. The third-order valence-electron chi connectivity index (χ3n) is 3.69. The van der Waals surface area contributed by atoms with Gasteiger partial charge in [-0.05, 0) is 38.4 Å². The van der Waals surface area contributed by atoms with E-state index in [1.165, 1.54) is 45.0 Å². The molecule has 2 heterocycles. The fourth-order valence-corrected chi connectivity index (χ4v) is 2.54. The van der Waals surface area contributed by atoms with Crippen LogP contribution in [0.4, 0.5) is 11.5 Å². The first-order chi connectivity index (χ1) is 9.66. The van der Waals surface area contributed by atoms with Gasteiger partial charge in [0.05, 0.1) is 4.92 Å². The van der Waals surface area contributed by atoms with E-state index in [0.717, 1.165) is 24.5 Å². The summed E-state index contributed by atoms with van der Waals surface area (Å²) in [5.41, 5.74) is 0.857. The Kier molecular flexibility index (Phi) is 5.29. The summed E-state index contributed by atoms with van der Waals surface area (Å²) < 4.78 is 0. The van der Waals surface area contributed by atoms with Crippen molar-refractivity contribution in [2.75, 3.05) is 31.5 Å². The van der Waals surface area contributed by atoms with Crippen LogP contribution in [0.25, 0.3) is 0 Å². The number of nitro groups is 1. The summed E-state index contributed by atoms with van der Waals surface area (Å²) in [7, 11) is 0. The summed E-state index contributed by atoms with van der Waals surface area (Å²) >= 11 is 0. The highest BCUT2D eigenvalue weighted by Crippen LogP contribution is 2.17. The van der Waals surface area contributed by atoms with Crippen molar-refractivity contribution >= 4 is 11.5 Å². The maximum absolute atomic E-state index is 10.7. The Morgan fingerprint density at radius 1 is 1.35 bits per heavy atom. The summed E-state index contributed by atoms with van der Waals surface area (Å²) in [5, 5.41) is 13.9. The number of hydrogen-bond acceptors (Lipinski definition) is 5. The van der Waals surface area contributed by atoms with Gasteiger partial charge in [0, 0.05) is 19.2 Å². The smallest absolute Gasteiger partial charge is 0.287 e. The standard InChI is InChI=1S/C14H22N4O2/c1-12-10-13(18(19)20)11-16-14(12)15-6-9-17-7-4-2-3-5-8-17/h10-11H,2-9H2,1H3,(H,15,16). The van der Waals surface area contributed by atoms with Crippen molar-refractivity contribution in [2.45, 2.75) is 32.6 Å². The zero-order valence-corrected chi connectivity index (χ0v) is 12.0. The molecule has 1 saturated heterocycles. The van der Waals surface area contributed by atoms with Crippen LogP contribution in [-0.2, 0) is 0 Å². The normalized spacial score (nSPS) is 16.6. The van der Waals surface area contributed by atoms with E-state index in [1.54, 1.807) is 6.07 Å². The van der Waals surface area contributed by atoms with Gasteiger partial charge in [-0.15, -0.1) is 0 Å². The minimum atomic E-state index is -0.416. The molecule has 6 nitrogen and oxygen atoms in total. The first-order valence-corrected chi connectivity index (χ1v) is 7.24. The lowest BCUT2D eigenvalue weighted by atomic mass is 10.2. The molecule has 1 aromatic rings. The molecule has 0 saturated carbocycles. The molecule has 1 fully saturated rings. The first kappa shape index (κ1) is 14.7. The minimum Gasteiger partial charge on any atom is -0.369 e. The van der Waals surface area contributed by atoms with E-state index in [-0.39, 0.29) is 5.69 Å². The molecular formula is C14H22N4O2. The molecule has 0 spiro atoms. The van der Waals surface area contributed by atoms with Crippen LogP contribution < -0.4 is 5.32 Å². The molecule has 0 aromatic carbocycles. The molecule has 1 aliphatic heterocycles. The lowest BCUT2D eigenvalue weighted by molar-refractivity contribution is -0.385. The van der Waals surface area contributed by atoms with Crippen LogP contribution in [0, 0.1) is 17.0 Å². The predicted octanol–water partition coefficient (Wildman–Crippen LogP) is 2.59. The number of hydrogen-bond donors (Lipinski definition) is 1. The van der Waals surface area contributed by atoms with Crippen LogP contribution in [0.3, 0.4) is 0 Å². The predicted molar refractivity (Wildman–Crippen MR) is 79.0 cm³/mol. The molecule has 110 valence electrons. The quantitative estimate of drug-likeness (QED) is 0.662. The zero-order valence-electron chi connectivity index (χ0n) is 12.0. The highest BCUT2D eigenvalue weighted by atomic mass is 16.6. The second kappa shape index (κ2) is 7.19. The van der Waals surface area contributed by atoms with Crippen LogP contribution in [0.2, 0.25) is 0 Å². The maximum Gasteiger partial charge on any atom is 0.287 e. The van der Waals surface area contributed by atoms with Crippen LogP contribution in [0.5, 0.6) is 0 Å². The zero-order chi connectivity index (χ0) is 14.4. The van der Waals surface area contributed by atoms with Crippen LogP contribution in [0.1, 0.15) is 31.2 Å². The van der Waals surface area contributed by atoms with Crippen LogP contribution in [-0.4, -0.2) is 41.0 Å². The Labute approximate surface area is 119 Å². The second-order valence-corrected chi connectivity index (χ2v) is 5.30. The highest BCUT2D eigenvalue weighted by molar-refractivity contribution is 5.48. The van der Waals surface area contributed by atoms with Crippen molar-refractivity contribution in [2.24, 2.45) is 0 Å². The summed E-state index contributed by atoms with van der Waals surface area (Å²) in [4.78, 5) is 16.8. The summed E-state index contributed by atoms with van der Waals surface area (Å²) in [5.74, 6) is 0.741. The molecule has 6 heteroatoms. The fraction of sp³-hybridized carbons (Fsp3) is 0.643. The van der Waals surface area contributed by atoms with E-state index in [4.69, 9.17) is 0 Å². The van der Waals surface area contributed by atoms with Crippen molar-refractivity contribution in [1.29, 1.82) is 0 Å². The Bertz CT molecular complexity index is 456. The molecule has 20 heavy (non-hydrogen) atoms. The van der Waals surface area contributed by atoms with Crippen molar-refractivity contribution in [1.82, 2.24) is 9.88 Å². The van der Waals surface area contributed by atoms with Gasteiger partial charge in [0.15, 0.2) is 0 Å². The largest absolute Gasteiger partial charge is 0.369 e. The molecule has 1 aromatic heterocycles. The van der Waals surface area contributed by atoms with Crippen molar-refractivity contribution in [3.8, 4) is 0 Å². The van der Waals surface area contributed by atoms with Crippen molar-refractivity contribution in [3.05, 3.63) is 27.9 Å². The number of pyridine rings is 1. The Morgan fingerprint density at radius 3 is 2.65 bits per heavy atom. The Balaban J connectivity index is 1.83. The van der Waals surface area contributed by atoms with E-state index < -0.39 is 4.92 Å². The number of likely N-dealkylation sites (tertiary alicyclic amines) is 1. The SMILES string of the molecule is Cc1cc([N+](=O)[O-])cnc1NCCN1CCCCCC1. The minimum absolute atomic E-state index is 0.0422. The first-order valence-electron chi connectivity index (χ1n) is 7.24. The van der Waals surface area contributed by atoms with Crippen molar-refractivity contribution < 1.29 is 4.92 Å². The molecule has 0 amide bonds. The van der Waals surface area contributed by atoms with Gasteiger partial charge in [-0.1, -0.05) is 12.8 Å². The fourth-order valence-electron chi connectivity index (χ4n) is 2.54. The molecular weight excluding hydrogens is 256 g/mol. The lowest BCUT2D eigenvalue weighted by Crippen LogP contribution is -2.30.